The SMILES string of the molecule is Fc1ccc([C@@H]2CCC3=CCCN32)cc1. The highest BCUT2D eigenvalue weighted by atomic mass is 19.1. The molecule has 0 amide bonds. The molecule has 1 aromatic carbocycles. The van der Waals surface area contributed by atoms with Gasteiger partial charge in [0.2, 0.25) is 0 Å². The van der Waals surface area contributed by atoms with Crippen LogP contribution in [-0.4, -0.2) is 11.4 Å². The topological polar surface area (TPSA) is 3.24 Å². The maximum absolute atomic E-state index is 12.8. The van der Waals surface area contributed by atoms with Crippen molar-refractivity contribution in [3.05, 3.63) is 47.4 Å². The molecule has 0 aromatic heterocycles. The molecule has 0 spiro atoms. The van der Waals surface area contributed by atoms with E-state index < -0.39 is 0 Å². The standard InChI is InChI=1S/C13H14FN/c14-11-5-3-10(4-6-11)13-8-7-12-2-1-9-15(12)13/h2-6,13H,1,7-9H2/t13-/m0/s1. The van der Waals surface area contributed by atoms with Gasteiger partial charge >= 0.3 is 0 Å². The first-order chi connectivity index (χ1) is 7.34. The lowest BCUT2D eigenvalue weighted by Gasteiger charge is -2.24. The molecule has 0 radical (unpaired) electrons. The number of hydrogen-bond donors (Lipinski definition) is 0. The smallest absolute Gasteiger partial charge is 0.123 e. The summed E-state index contributed by atoms with van der Waals surface area (Å²) in [5.41, 5.74) is 2.74. The molecule has 1 nitrogen and oxygen atoms in total. The Morgan fingerprint density at radius 1 is 1.20 bits per heavy atom. The molecule has 0 aliphatic carbocycles. The molecule has 2 heteroatoms. The summed E-state index contributed by atoms with van der Waals surface area (Å²) in [4.78, 5) is 2.47. The van der Waals surface area contributed by atoms with Crippen molar-refractivity contribution in [2.24, 2.45) is 0 Å². The molecular weight excluding hydrogens is 189 g/mol. The predicted molar refractivity (Wildman–Crippen MR) is 57.8 cm³/mol. The Morgan fingerprint density at radius 3 is 2.80 bits per heavy atom. The summed E-state index contributed by atoms with van der Waals surface area (Å²) >= 11 is 0. The van der Waals surface area contributed by atoms with Crippen LogP contribution in [-0.2, 0) is 0 Å². The number of nitrogens with zero attached hydrogens (tertiary/aromatic N) is 1. The summed E-state index contributed by atoms with van der Waals surface area (Å²) in [6.45, 7) is 1.14. The monoisotopic (exact) mass is 203 g/mol. The summed E-state index contributed by atoms with van der Waals surface area (Å²) in [7, 11) is 0. The minimum atomic E-state index is -0.145. The van der Waals surface area contributed by atoms with E-state index in [4.69, 9.17) is 0 Å². The highest BCUT2D eigenvalue weighted by molar-refractivity contribution is 5.26. The van der Waals surface area contributed by atoms with Gasteiger partial charge in [0.1, 0.15) is 5.82 Å². The van der Waals surface area contributed by atoms with Gasteiger partial charge in [0.15, 0.2) is 0 Å². The number of hydrogen-bond acceptors (Lipinski definition) is 1. The second-order valence-corrected chi connectivity index (χ2v) is 4.28. The molecule has 0 bridgehead atoms. The van der Waals surface area contributed by atoms with Crippen LogP contribution in [0.25, 0.3) is 0 Å². The molecule has 0 N–H and O–H groups in total. The lowest BCUT2D eigenvalue weighted by Crippen LogP contribution is -2.19. The van der Waals surface area contributed by atoms with Crippen LogP contribution in [0.1, 0.15) is 30.9 Å². The molecule has 1 fully saturated rings. The Labute approximate surface area is 89.2 Å². The zero-order chi connectivity index (χ0) is 10.3. The van der Waals surface area contributed by atoms with Crippen molar-refractivity contribution in [1.29, 1.82) is 0 Å². The largest absolute Gasteiger partial charge is 0.368 e. The van der Waals surface area contributed by atoms with Crippen molar-refractivity contribution < 1.29 is 4.39 Å². The lowest BCUT2D eigenvalue weighted by atomic mass is 10.0. The van der Waals surface area contributed by atoms with E-state index in [1.807, 2.05) is 12.1 Å². The fourth-order valence-electron chi connectivity index (χ4n) is 2.70. The van der Waals surface area contributed by atoms with Crippen LogP contribution in [0, 0.1) is 5.82 Å². The van der Waals surface area contributed by atoms with E-state index in [2.05, 4.69) is 11.0 Å². The molecule has 2 aliphatic heterocycles. The fourth-order valence-corrected chi connectivity index (χ4v) is 2.70. The van der Waals surface area contributed by atoms with Crippen LogP contribution in [0.15, 0.2) is 36.0 Å². The highest BCUT2D eigenvalue weighted by Crippen LogP contribution is 2.40. The van der Waals surface area contributed by atoms with Crippen molar-refractivity contribution in [2.45, 2.75) is 25.3 Å². The van der Waals surface area contributed by atoms with Crippen LogP contribution < -0.4 is 0 Å². The minimum Gasteiger partial charge on any atom is -0.368 e. The van der Waals surface area contributed by atoms with Crippen LogP contribution >= 0.6 is 0 Å². The van der Waals surface area contributed by atoms with E-state index in [0.29, 0.717) is 6.04 Å². The van der Waals surface area contributed by atoms with Crippen LogP contribution in [0.4, 0.5) is 4.39 Å². The van der Waals surface area contributed by atoms with E-state index in [1.54, 1.807) is 12.1 Å². The van der Waals surface area contributed by atoms with Crippen molar-refractivity contribution in [3.63, 3.8) is 0 Å². The molecule has 3 rings (SSSR count). The van der Waals surface area contributed by atoms with Crippen molar-refractivity contribution >= 4 is 0 Å². The summed E-state index contributed by atoms with van der Waals surface area (Å²) in [6.07, 6.45) is 5.87. The lowest BCUT2D eigenvalue weighted by molar-refractivity contribution is 0.322. The van der Waals surface area contributed by atoms with Crippen molar-refractivity contribution in [1.82, 2.24) is 4.90 Å². The Bertz CT molecular complexity index is 394. The number of fused-ring (bicyclic) bond motifs is 1. The zero-order valence-electron chi connectivity index (χ0n) is 8.62. The Kier molecular flexibility index (Phi) is 2.01. The summed E-state index contributed by atoms with van der Waals surface area (Å²) < 4.78 is 12.8. The number of benzene rings is 1. The number of halogens is 1. The van der Waals surface area contributed by atoms with E-state index >= 15 is 0 Å². The number of allylic oxidation sites excluding steroid dienone is 1. The third-order valence-electron chi connectivity index (χ3n) is 3.42. The third-order valence-corrected chi connectivity index (χ3v) is 3.42. The maximum Gasteiger partial charge on any atom is 0.123 e. The van der Waals surface area contributed by atoms with Gasteiger partial charge in [-0.05, 0) is 37.0 Å². The van der Waals surface area contributed by atoms with Gasteiger partial charge in [-0.1, -0.05) is 18.2 Å². The van der Waals surface area contributed by atoms with Gasteiger partial charge in [0, 0.05) is 12.2 Å². The second kappa shape index (κ2) is 3.37. The van der Waals surface area contributed by atoms with Crippen molar-refractivity contribution in [2.75, 3.05) is 6.54 Å². The van der Waals surface area contributed by atoms with Gasteiger partial charge in [0.25, 0.3) is 0 Å². The zero-order valence-corrected chi connectivity index (χ0v) is 8.62. The first kappa shape index (κ1) is 8.96. The van der Waals surface area contributed by atoms with E-state index in [9.17, 15) is 4.39 Å². The van der Waals surface area contributed by atoms with Crippen LogP contribution in [0.3, 0.4) is 0 Å². The van der Waals surface area contributed by atoms with E-state index in [-0.39, 0.29) is 5.82 Å². The molecule has 0 unspecified atom stereocenters. The molecule has 78 valence electrons. The molecule has 2 heterocycles. The molecule has 0 saturated carbocycles. The molecule has 1 saturated heterocycles. The molecule has 15 heavy (non-hydrogen) atoms. The molecular formula is C13H14FN. The van der Waals surface area contributed by atoms with Crippen molar-refractivity contribution in [3.8, 4) is 0 Å². The summed E-state index contributed by atoms with van der Waals surface area (Å²) in [5.74, 6) is -0.145. The average molecular weight is 203 g/mol. The van der Waals surface area contributed by atoms with Gasteiger partial charge in [-0.15, -0.1) is 0 Å². The Morgan fingerprint density at radius 2 is 2.00 bits per heavy atom. The third kappa shape index (κ3) is 1.44. The van der Waals surface area contributed by atoms with Gasteiger partial charge in [-0.3, -0.25) is 0 Å². The first-order valence-corrected chi connectivity index (χ1v) is 5.56. The normalized spacial score (nSPS) is 24.2. The van der Waals surface area contributed by atoms with Gasteiger partial charge in [0.05, 0.1) is 6.04 Å². The fraction of sp³-hybridized carbons (Fsp3) is 0.385. The Hall–Kier alpha value is -1.31. The highest BCUT2D eigenvalue weighted by Gasteiger charge is 2.30. The molecule has 1 atom stereocenters. The Balaban J connectivity index is 1.89. The number of rotatable bonds is 1. The average Bonchev–Trinajstić information content (AvgIpc) is 2.80. The van der Waals surface area contributed by atoms with Gasteiger partial charge in [-0.25, -0.2) is 4.39 Å². The quantitative estimate of drug-likeness (QED) is 0.677. The van der Waals surface area contributed by atoms with Gasteiger partial charge < -0.3 is 4.90 Å². The second-order valence-electron chi connectivity index (χ2n) is 4.28. The van der Waals surface area contributed by atoms with E-state index in [1.165, 1.54) is 30.5 Å². The summed E-state index contributed by atoms with van der Waals surface area (Å²) in [6, 6.07) is 7.45. The molecule has 2 aliphatic rings. The van der Waals surface area contributed by atoms with Crippen LogP contribution in [0.2, 0.25) is 0 Å². The molecule has 1 aromatic rings. The van der Waals surface area contributed by atoms with E-state index in [0.717, 1.165) is 6.54 Å². The maximum atomic E-state index is 12.8. The van der Waals surface area contributed by atoms with Gasteiger partial charge in [-0.2, -0.15) is 0 Å². The predicted octanol–water partition coefficient (Wildman–Crippen LogP) is 3.25. The summed E-state index contributed by atoms with van der Waals surface area (Å²) in [5, 5.41) is 0. The van der Waals surface area contributed by atoms with Crippen LogP contribution in [0.5, 0.6) is 0 Å². The minimum absolute atomic E-state index is 0.145. The first-order valence-electron chi connectivity index (χ1n) is 5.56.